The van der Waals surface area contributed by atoms with Gasteiger partial charge in [0.05, 0.1) is 33.1 Å². The summed E-state index contributed by atoms with van der Waals surface area (Å²) in [5.74, 6) is 1.94. The number of hydrogen-bond donors (Lipinski definition) is 1. The Morgan fingerprint density at radius 2 is 1.57 bits per heavy atom. The lowest BCUT2D eigenvalue weighted by atomic mass is 10.0. The summed E-state index contributed by atoms with van der Waals surface area (Å²) in [7, 11) is 6.68. The molecule has 0 saturated heterocycles. The first-order chi connectivity index (χ1) is 10.2. The van der Waals surface area contributed by atoms with Crippen LogP contribution in [0.1, 0.15) is 17.3 Å². The Morgan fingerprint density at radius 3 is 2.00 bits per heavy atom. The van der Waals surface area contributed by atoms with Gasteiger partial charge in [0.1, 0.15) is 11.5 Å². The Labute approximate surface area is 124 Å². The zero-order valence-electron chi connectivity index (χ0n) is 12.6. The van der Waals surface area contributed by atoms with Crippen LogP contribution in [0.4, 0.5) is 0 Å². The Kier molecular flexibility index (Phi) is 4.94. The van der Waals surface area contributed by atoms with Crippen molar-refractivity contribution in [2.24, 2.45) is 0 Å². The second-order valence-corrected chi connectivity index (χ2v) is 4.37. The van der Waals surface area contributed by atoms with Crippen molar-refractivity contribution in [3.63, 3.8) is 0 Å². The summed E-state index contributed by atoms with van der Waals surface area (Å²) < 4.78 is 15.6. The van der Waals surface area contributed by atoms with Crippen LogP contribution in [0.5, 0.6) is 17.4 Å². The van der Waals surface area contributed by atoms with Gasteiger partial charge in [-0.1, -0.05) is 0 Å². The molecule has 1 aromatic heterocycles. The monoisotopic (exact) mass is 289 g/mol. The van der Waals surface area contributed by atoms with Gasteiger partial charge in [0.15, 0.2) is 0 Å². The van der Waals surface area contributed by atoms with Crippen molar-refractivity contribution in [1.29, 1.82) is 0 Å². The molecule has 1 heterocycles. The topological polar surface area (TPSA) is 65.5 Å². The summed E-state index contributed by atoms with van der Waals surface area (Å²) in [4.78, 5) is 0. The summed E-state index contributed by atoms with van der Waals surface area (Å²) in [6.07, 6.45) is 0. The molecule has 0 spiro atoms. The molecule has 21 heavy (non-hydrogen) atoms. The lowest BCUT2D eigenvalue weighted by molar-refractivity contribution is 0.389. The molecular weight excluding hydrogens is 270 g/mol. The smallest absolute Gasteiger partial charge is 0.233 e. The van der Waals surface area contributed by atoms with E-state index in [0.717, 1.165) is 22.8 Å². The van der Waals surface area contributed by atoms with Gasteiger partial charge in [-0.15, -0.1) is 10.2 Å². The van der Waals surface area contributed by atoms with Crippen LogP contribution in [0.3, 0.4) is 0 Å². The van der Waals surface area contributed by atoms with Gasteiger partial charge in [0, 0.05) is 12.1 Å². The van der Waals surface area contributed by atoms with Crippen LogP contribution < -0.4 is 19.5 Å². The van der Waals surface area contributed by atoms with Crippen LogP contribution in [-0.2, 0) is 0 Å². The maximum Gasteiger partial charge on any atom is 0.233 e. The van der Waals surface area contributed by atoms with Crippen molar-refractivity contribution in [2.75, 3.05) is 28.4 Å². The van der Waals surface area contributed by atoms with Gasteiger partial charge in [-0.05, 0) is 30.8 Å². The van der Waals surface area contributed by atoms with Crippen molar-refractivity contribution in [3.8, 4) is 17.4 Å². The molecule has 0 radical (unpaired) electrons. The maximum absolute atomic E-state index is 5.30. The van der Waals surface area contributed by atoms with Crippen LogP contribution >= 0.6 is 0 Å². The number of nitrogens with one attached hydrogen (secondary N) is 1. The van der Waals surface area contributed by atoms with Crippen molar-refractivity contribution < 1.29 is 14.2 Å². The van der Waals surface area contributed by atoms with E-state index >= 15 is 0 Å². The van der Waals surface area contributed by atoms with E-state index in [1.165, 1.54) is 0 Å². The Morgan fingerprint density at radius 1 is 0.905 bits per heavy atom. The largest absolute Gasteiger partial charge is 0.497 e. The quantitative estimate of drug-likeness (QED) is 0.875. The van der Waals surface area contributed by atoms with E-state index in [1.807, 2.05) is 31.3 Å². The third-order valence-electron chi connectivity index (χ3n) is 3.16. The minimum Gasteiger partial charge on any atom is -0.497 e. The molecule has 112 valence electrons. The van der Waals surface area contributed by atoms with Gasteiger partial charge in [-0.3, -0.25) is 0 Å². The molecule has 0 amide bonds. The van der Waals surface area contributed by atoms with E-state index in [2.05, 4.69) is 15.5 Å². The third kappa shape index (κ3) is 3.41. The van der Waals surface area contributed by atoms with Gasteiger partial charge in [0.2, 0.25) is 5.88 Å². The molecule has 6 nitrogen and oxygen atoms in total. The molecule has 1 unspecified atom stereocenters. The average Bonchev–Trinajstić information content (AvgIpc) is 2.55. The Hall–Kier alpha value is -2.34. The molecule has 1 N–H and O–H groups in total. The van der Waals surface area contributed by atoms with E-state index in [1.54, 1.807) is 27.4 Å². The highest BCUT2D eigenvalue weighted by Crippen LogP contribution is 2.29. The van der Waals surface area contributed by atoms with Crippen molar-refractivity contribution >= 4 is 0 Å². The zero-order chi connectivity index (χ0) is 15.2. The first kappa shape index (κ1) is 15.1. The fourth-order valence-corrected chi connectivity index (χ4v) is 2.07. The average molecular weight is 289 g/mol. The molecular formula is C15H19N3O3. The summed E-state index contributed by atoms with van der Waals surface area (Å²) >= 11 is 0. The number of rotatable bonds is 6. The molecule has 0 bridgehead atoms. The van der Waals surface area contributed by atoms with Crippen LogP contribution in [0, 0.1) is 0 Å². The summed E-state index contributed by atoms with van der Waals surface area (Å²) in [6, 6.07) is 9.25. The SMILES string of the molecule is CNC(c1cc(OC)cc(OC)c1)c1ccc(OC)nn1. The van der Waals surface area contributed by atoms with Gasteiger partial charge in [-0.25, -0.2) is 0 Å². The van der Waals surface area contributed by atoms with E-state index in [-0.39, 0.29) is 6.04 Å². The first-order valence-corrected chi connectivity index (χ1v) is 6.49. The van der Waals surface area contributed by atoms with Crippen molar-refractivity contribution in [2.45, 2.75) is 6.04 Å². The van der Waals surface area contributed by atoms with Crippen molar-refractivity contribution in [3.05, 3.63) is 41.6 Å². The van der Waals surface area contributed by atoms with Crippen LogP contribution in [0.2, 0.25) is 0 Å². The molecule has 0 aliphatic rings. The van der Waals surface area contributed by atoms with Crippen LogP contribution in [0.25, 0.3) is 0 Å². The number of ether oxygens (including phenoxy) is 3. The maximum atomic E-state index is 5.30. The second-order valence-electron chi connectivity index (χ2n) is 4.37. The predicted octanol–water partition coefficient (Wildman–Crippen LogP) is 1.81. The van der Waals surface area contributed by atoms with Gasteiger partial charge >= 0.3 is 0 Å². The predicted molar refractivity (Wildman–Crippen MR) is 79.0 cm³/mol. The molecule has 2 rings (SSSR count). The number of nitrogens with zero attached hydrogens (tertiary/aromatic N) is 2. The molecule has 1 atom stereocenters. The minimum atomic E-state index is -0.118. The first-order valence-electron chi connectivity index (χ1n) is 6.49. The summed E-state index contributed by atoms with van der Waals surface area (Å²) in [5, 5.41) is 11.4. The fraction of sp³-hybridized carbons (Fsp3) is 0.333. The molecule has 6 heteroatoms. The van der Waals surface area contributed by atoms with E-state index < -0.39 is 0 Å². The number of benzene rings is 1. The molecule has 0 saturated carbocycles. The normalized spacial score (nSPS) is 11.8. The van der Waals surface area contributed by atoms with Gasteiger partial charge in [0.25, 0.3) is 0 Å². The molecule has 0 aliphatic heterocycles. The fourth-order valence-electron chi connectivity index (χ4n) is 2.07. The van der Waals surface area contributed by atoms with Gasteiger partial charge in [-0.2, -0.15) is 0 Å². The van der Waals surface area contributed by atoms with Crippen molar-refractivity contribution in [1.82, 2.24) is 15.5 Å². The summed E-state index contributed by atoms with van der Waals surface area (Å²) in [5.41, 5.74) is 1.77. The highest BCUT2D eigenvalue weighted by atomic mass is 16.5. The minimum absolute atomic E-state index is 0.118. The van der Waals surface area contributed by atoms with E-state index in [9.17, 15) is 0 Å². The molecule has 1 aromatic carbocycles. The van der Waals surface area contributed by atoms with Crippen LogP contribution in [0.15, 0.2) is 30.3 Å². The van der Waals surface area contributed by atoms with E-state index in [4.69, 9.17) is 14.2 Å². The number of aromatic nitrogens is 2. The highest BCUT2D eigenvalue weighted by molar-refractivity contribution is 5.42. The third-order valence-corrected chi connectivity index (χ3v) is 3.16. The lowest BCUT2D eigenvalue weighted by Crippen LogP contribution is -2.19. The standard InChI is InChI=1S/C15H19N3O3/c1-16-15(13-5-6-14(21-4)18-17-13)10-7-11(19-2)9-12(8-10)20-3/h5-9,15-16H,1-4H3. The van der Waals surface area contributed by atoms with Crippen LogP contribution in [-0.4, -0.2) is 38.6 Å². The van der Waals surface area contributed by atoms with Gasteiger partial charge < -0.3 is 19.5 Å². The Balaban J connectivity index is 2.39. The zero-order valence-corrected chi connectivity index (χ0v) is 12.6. The van der Waals surface area contributed by atoms with E-state index in [0.29, 0.717) is 5.88 Å². The lowest BCUT2D eigenvalue weighted by Gasteiger charge is -2.17. The number of hydrogen-bond acceptors (Lipinski definition) is 6. The molecule has 0 aliphatic carbocycles. The Bertz CT molecular complexity index is 565. The second kappa shape index (κ2) is 6.90. The molecule has 0 fully saturated rings. The summed E-state index contributed by atoms with van der Waals surface area (Å²) in [6.45, 7) is 0. The number of methoxy groups -OCH3 is 3. The molecule has 2 aromatic rings. The highest BCUT2D eigenvalue weighted by Gasteiger charge is 2.16.